The van der Waals surface area contributed by atoms with Gasteiger partial charge in [0.05, 0.1) is 5.92 Å². The third kappa shape index (κ3) is 4.21. The number of aryl methyl sites for hydroxylation is 1. The molecule has 0 saturated carbocycles. The van der Waals surface area contributed by atoms with Crippen LogP contribution in [0.25, 0.3) is 0 Å². The number of esters is 1. The van der Waals surface area contributed by atoms with Crippen molar-refractivity contribution in [2.45, 2.75) is 46.0 Å². The third-order valence-corrected chi connectivity index (χ3v) is 5.06. The van der Waals surface area contributed by atoms with Crippen molar-refractivity contribution in [2.75, 3.05) is 11.4 Å². The second kappa shape index (κ2) is 7.55. The van der Waals surface area contributed by atoms with Crippen molar-refractivity contribution >= 4 is 17.6 Å². The van der Waals surface area contributed by atoms with Crippen LogP contribution in [0.4, 0.5) is 5.69 Å². The van der Waals surface area contributed by atoms with Crippen LogP contribution in [-0.2, 0) is 21.4 Å². The highest BCUT2D eigenvalue weighted by atomic mass is 16.5. The van der Waals surface area contributed by atoms with Crippen LogP contribution in [-0.4, -0.2) is 18.4 Å². The summed E-state index contributed by atoms with van der Waals surface area (Å²) in [6.07, 6.45) is 1.03. The Morgan fingerprint density at radius 3 is 2.41 bits per heavy atom. The number of hydrogen-bond donors (Lipinski definition) is 0. The molecular weight excluding hydrogens is 338 g/mol. The minimum Gasteiger partial charge on any atom is -0.426 e. The predicted octanol–water partition coefficient (Wildman–Crippen LogP) is 4.51. The molecule has 2 aromatic rings. The lowest BCUT2D eigenvalue weighted by molar-refractivity contribution is -0.139. The smallest absolute Gasteiger partial charge is 0.316 e. The molecule has 1 aliphatic rings. The van der Waals surface area contributed by atoms with E-state index in [2.05, 4.69) is 27.7 Å². The van der Waals surface area contributed by atoms with Crippen LogP contribution in [0.2, 0.25) is 0 Å². The average molecular weight is 365 g/mol. The second-order valence-corrected chi connectivity index (χ2v) is 8.08. The molecule has 1 saturated heterocycles. The summed E-state index contributed by atoms with van der Waals surface area (Å²) in [7, 11) is 0. The number of benzene rings is 2. The highest BCUT2D eigenvalue weighted by Crippen LogP contribution is 2.30. The van der Waals surface area contributed by atoms with Gasteiger partial charge in [-0.15, -0.1) is 0 Å². The van der Waals surface area contributed by atoms with Gasteiger partial charge in [-0.05, 0) is 41.2 Å². The Bertz CT molecular complexity index is 833. The maximum atomic E-state index is 12.6. The zero-order valence-corrected chi connectivity index (χ0v) is 16.5. The molecule has 142 valence electrons. The zero-order valence-electron chi connectivity index (χ0n) is 16.5. The minimum atomic E-state index is -0.440. The van der Waals surface area contributed by atoms with Crippen molar-refractivity contribution in [3.05, 3.63) is 59.7 Å². The summed E-state index contributed by atoms with van der Waals surface area (Å²) in [6, 6.07) is 15.4. The van der Waals surface area contributed by atoms with E-state index in [1.165, 1.54) is 5.56 Å². The summed E-state index contributed by atoms with van der Waals surface area (Å²) >= 11 is 0. The largest absolute Gasteiger partial charge is 0.426 e. The molecule has 3 rings (SSSR count). The third-order valence-electron chi connectivity index (χ3n) is 5.06. The quantitative estimate of drug-likeness (QED) is 0.592. The van der Waals surface area contributed by atoms with Gasteiger partial charge in [-0.3, -0.25) is 9.59 Å². The van der Waals surface area contributed by atoms with Gasteiger partial charge in [0.2, 0.25) is 5.91 Å². The fourth-order valence-electron chi connectivity index (χ4n) is 3.39. The molecule has 1 aliphatic heterocycles. The van der Waals surface area contributed by atoms with Crippen molar-refractivity contribution in [1.29, 1.82) is 0 Å². The first-order valence-corrected chi connectivity index (χ1v) is 9.50. The van der Waals surface area contributed by atoms with E-state index in [-0.39, 0.29) is 23.7 Å². The number of rotatable bonds is 4. The molecule has 0 N–H and O–H groups in total. The molecule has 1 atom stereocenters. The standard InChI is InChI=1S/C23H27NO3/c1-5-16-8-6-7-9-20(16)24-15-17(14-21(24)25)22(26)27-19-12-10-18(11-13-19)23(2,3)4/h6-13,17H,5,14-15H2,1-4H3/t17-/m0/s1. The summed E-state index contributed by atoms with van der Waals surface area (Å²) in [4.78, 5) is 26.8. The van der Waals surface area contributed by atoms with Gasteiger partial charge in [0.25, 0.3) is 0 Å². The summed E-state index contributed by atoms with van der Waals surface area (Å²) in [5.41, 5.74) is 3.24. The molecular formula is C23H27NO3. The second-order valence-electron chi connectivity index (χ2n) is 8.08. The fourth-order valence-corrected chi connectivity index (χ4v) is 3.39. The normalized spacial score (nSPS) is 17.3. The lowest BCUT2D eigenvalue weighted by Gasteiger charge is -2.20. The van der Waals surface area contributed by atoms with E-state index in [1.54, 1.807) is 4.90 Å². The molecule has 0 radical (unpaired) electrons. The zero-order chi connectivity index (χ0) is 19.6. The molecule has 4 nitrogen and oxygen atoms in total. The number of ether oxygens (including phenoxy) is 1. The van der Waals surface area contributed by atoms with E-state index in [9.17, 15) is 9.59 Å². The van der Waals surface area contributed by atoms with Crippen LogP contribution in [0, 0.1) is 5.92 Å². The molecule has 1 heterocycles. The van der Waals surface area contributed by atoms with E-state index >= 15 is 0 Å². The maximum absolute atomic E-state index is 12.6. The molecule has 0 spiro atoms. The minimum absolute atomic E-state index is 0.0269. The SMILES string of the molecule is CCc1ccccc1N1C[C@@H](C(=O)Oc2ccc(C(C)(C)C)cc2)CC1=O. The number of nitrogens with zero attached hydrogens (tertiary/aromatic N) is 1. The Hall–Kier alpha value is -2.62. The number of amides is 1. The maximum Gasteiger partial charge on any atom is 0.316 e. The van der Waals surface area contributed by atoms with Gasteiger partial charge in [0, 0.05) is 18.7 Å². The van der Waals surface area contributed by atoms with Gasteiger partial charge in [-0.1, -0.05) is 58.0 Å². The Kier molecular flexibility index (Phi) is 5.36. The predicted molar refractivity (Wildman–Crippen MR) is 107 cm³/mol. The van der Waals surface area contributed by atoms with Gasteiger partial charge in [0.1, 0.15) is 5.75 Å². The highest BCUT2D eigenvalue weighted by Gasteiger charge is 2.37. The fraction of sp³-hybridized carbons (Fsp3) is 0.391. The number of para-hydroxylation sites is 1. The van der Waals surface area contributed by atoms with Crippen LogP contribution in [0.1, 0.15) is 45.2 Å². The first-order valence-electron chi connectivity index (χ1n) is 9.50. The molecule has 0 unspecified atom stereocenters. The Balaban J connectivity index is 1.69. The van der Waals surface area contributed by atoms with Crippen LogP contribution < -0.4 is 9.64 Å². The van der Waals surface area contributed by atoms with E-state index in [4.69, 9.17) is 4.74 Å². The number of anilines is 1. The van der Waals surface area contributed by atoms with Crippen LogP contribution in [0.15, 0.2) is 48.5 Å². The molecule has 27 heavy (non-hydrogen) atoms. The Morgan fingerprint density at radius 2 is 1.78 bits per heavy atom. The van der Waals surface area contributed by atoms with E-state index in [0.29, 0.717) is 12.3 Å². The first kappa shape index (κ1) is 19.2. The van der Waals surface area contributed by atoms with Gasteiger partial charge >= 0.3 is 5.97 Å². The summed E-state index contributed by atoms with van der Waals surface area (Å²) in [5, 5.41) is 0. The molecule has 2 aromatic carbocycles. The van der Waals surface area contributed by atoms with Gasteiger partial charge < -0.3 is 9.64 Å². The molecule has 4 heteroatoms. The molecule has 0 aliphatic carbocycles. The number of hydrogen-bond acceptors (Lipinski definition) is 3. The highest BCUT2D eigenvalue weighted by molar-refractivity contribution is 6.00. The average Bonchev–Trinajstić information content (AvgIpc) is 3.03. The van der Waals surface area contributed by atoms with Crippen molar-refractivity contribution in [1.82, 2.24) is 0 Å². The molecule has 0 aromatic heterocycles. The lowest BCUT2D eigenvalue weighted by atomic mass is 9.87. The monoisotopic (exact) mass is 365 g/mol. The molecule has 1 amide bonds. The summed E-state index contributed by atoms with van der Waals surface area (Å²) in [5.74, 6) is -0.290. The van der Waals surface area contributed by atoms with Gasteiger partial charge in [-0.25, -0.2) is 0 Å². The molecule has 1 fully saturated rings. The van der Waals surface area contributed by atoms with Crippen molar-refractivity contribution in [3.63, 3.8) is 0 Å². The van der Waals surface area contributed by atoms with Crippen LogP contribution in [0.3, 0.4) is 0 Å². The number of carbonyl (C=O) groups excluding carboxylic acids is 2. The van der Waals surface area contributed by atoms with Crippen molar-refractivity contribution in [3.8, 4) is 5.75 Å². The van der Waals surface area contributed by atoms with E-state index in [0.717, 1.165) is 17.7 Å². The van der Waals surface area contributed by atoms with E-state index in [1.807, 2.05) is 48.5 Å². The molecule has 0 bridgehead atoms. The van der Waals surface area contributed by atoms with Crippen LogP contribution >= 0.6 is 0 Å². The van der Waals surface area contributed by atoms with Gasteiger partial charge in [-0.2, -0.15) is 0 Å². The number of carbonyl (C=O) groups is 2. The van der Waals surface area contributed by atoms with Gasteiger partial charge in [0.15, 0.2) is 0 Å². The summed E-state index contributed by atoms with van der Waals surface area (Å²) < 4.78 is 5.54. The first-order chi connectivity index (χ1) is 12.8. The van der Waals surface area contributed by atoms with E-state index < -0.39 is 5.92 Å². The Labute approximate surface area is 161 Å². The van der Waals surface area contributed by atoms with Crippen LogP contribution in [0.5, 0.6) is 5.75 Å². The topological polar surface area (TPSA) is 46.6 Å². The lowest BCUT2D eigenvalue weighted by Crippen LogP contribution is -2.28. The Morgan fingerprint density at radius 1 is 1.11 bits per heavy atom. The van der Waals surface area contributed by atoms with Crippen molar-refractivity contribution in [2.24, 2.45) is 5.92 Å². The summed E-state index contributed by atoms with van der Waals surface area (Å²) in [6.45, 7) is 8.85. The van der Waals surface area contributed by atoms with Crippen molar-refractivity contribution < 1.29 is 14.3 Å².